The minimum absolute atomic E-state index is 0.00882. The molecule has 0 bridgehead atoms. The molecule has 11 atom stereocenters. The van der Waals surface area contributed by atoms with E-state index in [-0.39, 0.29) is 154 Å². The SMILES string of the molecule is CC(C)CC(=O)OCC1CC(CO)C(C2CCC(C3C(CO)CC(COC(=O)C(N)CCCN=C(N)N)C3COC(=O)CC(C)C)C2=O)C1COC(=O)CC(C)C. The van der Waals surface area contributed by atoms with Crippen LogP contribution in [-0.2, 0) is 42.9 Å². The van der Waals surface area contributed by atoms with Crippen LogP contribution >= 0.6 is 0 Å². The second-order valence-electron chi connectivity index (χ2n) is 18.1. The highest BCUT2D eigenvalue weighted by Crippen LogP contribution is 2.55. The van der Waals surface area contributed by atoms with Crippen molar-refractivity contribution in [3.05, 3.63) is 0 Å². The quantitative estimate of drug-likeness (QED) is 0.0327. The first-order valence-electron chi connectivity index (χ1n) is 21.2. The largest absolute Gasteiger partial charge is 0.465 e. The third-order valence-corrected chi connectivity index (χ3v) is 12.2. The molecule has 0 aliphatic heterocycles. The molecule has 8 N–H and O–H groups in total. The summed E-state index contributed by atoms with van der Waals surface area (Å²) in [6, 6.07) is -0.893. The van der Waals surface area contributed by atoms with Crippen LogP contribution in [0.3, 0.4) is 0 Å². The molecule has 0 saturated heterocycles. The van der Waals surface area contributed by atoms with Crippen LogP contribution in [0.4, 0.5) is 0 Å². The number of ketones is 1. The molecule has 3 fully saturated rings. The van der Waals surface area contributed by atoms with E-state index in [0.717, 1.165) is 0 Å². The summed E-state index contributed by atoms with van der Waals surface area (Å²) in [4.78, 5) is 69.8. The molecular formula is C42H72N4O11. The van der Waals surface area contributed by atoms with Gasteiger partial charge in [0, 0.05) is 62.7 Å². The molecule has 0 spiro atoms. The van der Waals surface area contributed by atoms with Crippen molar-refractivity contribution in [1.82, 2.24) is 0 Å². The first-order valence-corrected chi connectivity index (χ1v) is 21.2. The molecule has 3 aliphatic carbocycles. The number of aliphatic hydroxyl groups excluding tert-OH is 2. The van der Waals surface area contributed by atoms with Crippen molar-refractivity contribution >= 4 is 35.6 Å². The number of carbonyl (C=O) groups excluding carboxylic acids is 5. The zero-order valence-electron chi connectivity index (χ0n) is 35.1. The molecular weight excluding hydrogens is 736 g/mol. The van der Waals surface area contributed by atoms with Crippen LogP contribution < -0.4 is 17.2 Å². The summed E-state index contributed by atoms with van der Waals surface area (Å²) in [5, 5.41) is 21.4. The van der Waals surface area contributed by atoms with Crippen LogP contribution in [0.1, 0.15) is 99.3 Å². The lowest BCUT2D eigenvalue weighted by atomic mass is 9.73. The molecule has 3 rings (SSSR count). The van der Waals surface area contributed by atoms with Gasteiger partial charge in [0.1, 0.15) is 11.8 Å². The molecule has 57 heavy (non-hydrogen) atoms. The summed E-state index contributed by atoms with van der Waals surface area (Å²) in [5.41, 5.74) is 16.9. The van der Waals surface area contributed by atoms with Gasteiger partial charge in [-0.3, -0.25) is 29.0 Å². The normalized spacial score (nSPS) is 29.2. The average Bonchev–Trinajstić information content (AvgIpc) is 3.79. The number of aliphatic hydroxyl groups is 2. The number of esters is 4. The lowest BCUT2D eigenvalue weighted by molar-refractivity contribution is -0.151. The van der Waals surface area contributed by atoms with Gasteiger partial charge in [-0.15, -0.1) is 0 Å². The Morgan fingerprint density at radius 2 is 1.07 bits per heavy atom. The smallest absolute Gasteiger partial charge is 0.322 e. The van der Waals surface area contributed by atoms with Crippen LogP contribution in [-0.4, -0.2) is 98.1 Å². The van der Waals surface area contributed by atoms with Crippen molar-refractivity contribution < 1.29 is 53.1 Å². The van der Waals surface area contributed by atoms with Gasteiger partial charge in [0.15, 0.2) is 5.96 Å². The second kappa shape index (κ2) is 23.3. The van der Waals surface area contributed by atoms with Crippen LogP contribution in [0, 0.1) is 76.9 Å². The van der Waals surface area contributed by atoms with E-state index in [9.17, 15) is 34.2 Å². The highest BCUT2D eigenvalue weighted by Gasteiger charge is 2.56. The monoisotopic (exact) mass is 809 g/mol. The maximum absolute atomic E-state index is 14.8. The Labute approximate surface area is 338 Å². The number of ether oxygens (including phenoxy) is 4. The summed E-state index contributed by atoms with van der Waals surface area (Å²) in [6.07, 6.45) is 3.55. The van der Waals surface area contributed by atoms with Gasteiger partial charge in [0.2, 0.25) is 0 Å². The molecule has 0 aromatic carbocycles. The zero-order valence-corrected chi connectivity index (χ0v) is 35.1. The Bertz CT molecular complexity index is 1350. The van der Waals surface area contributed by atoms with Gasteiger partial charge >= 0.3 is 23.9 Å². The van der Waals surface area contributed by atoms with Gasteiger partial charge in [-0.25, -0.2) is 0 Å². The van der Waals surface area contributed by atoms with E-state index in [0.29, 0.717) is 45.1 Å². The van der Waals surface area contributed by atoms with E-state index in [1.54, 1.807) is 0 Å². The number of rotatable bonds is 23. The highest BCUT2D eigenvalue weighted by molar-refractivity contribution is 5.86. The molecule has 0 aromatic heterocycles. The Kier molecular flexibility index (Phi) is 19.7. The van der Waals surface area contributed by atoms with Crippen molar-refractivity contribution in [2.75, 3.05) is 46.2 Å². The Morgan fingerprint density at radius 3 is 1.46 bits per heavy atom. The minimum Gasteiger partial charge on any atom is -0.465 e. The Morgan fingerprint density at radius 1 is 0.667 bits per heavy atom. The molecule has 0 aromatic rings. The number of hydrogen-bond donors (Lipinski definition) is 5. The van der Waals surface area contributed by atoms with Crippen LogP contribution in [0.5, 0.6) is 0 Å². The summed E-state index contributed by atoms with van der Waals surface area (Å²) < 4.78 is 23.1. The maximum atomic E-state index is 14.8. The van der Waals surface area contributed by atoms with E-state index < -0.39 is 23.8 Å². The van der Waals surface area contributed by atoms with Crippen molar-refractivity contribution in [3.8, 4) is 0 Å². The molecule has 0 heterocycles. The van der Waals surface area contributed by atoms with E-state index in [4.69, 9.17) is 36.1 Å². The third kappa shape index (κ3) is 14.5. The van der Waals surface area contributed by atoms with Crippen molar-refractivity contribution in [1.29, 1.82) is 0 Å². The predicted octanol–water partition coefficient (Wildman–Crippen LogP) is 3.00. The minimum atomic E-state index is -0.893. The first kappa shape index (κ1) is 48.1. The molecule has 3 aliphatic rings. The number of nitrogens with zero attached hydrogens (tertiary/aromatic N) is 1. The Balaban J connectivity index is 1.86. The Hall–Kier alpha value is -3.30. The predicted molar refractivity (Wildman–Crippen MR) is 213 cm³/mol. The van der Waals surface area contributed by atoms with Gasteiger partial charge in [-0.2, -0.15) is 0 Å². The van der Waals surface area contributed by atoms with Crippen LogP contribution in [0.2, 0.25) is 0 Å². The van der Waals surface area contributed by atoms with Crippen molar-refractivity contribution in [3.63, 3.8) is 0 Å². The van der Waals surface area contributed by atoms with Crippen LogP contribution in [0.25, 0.3) is 0 Å². The zero-order chi connectivity index (χ0) is 42.4. The molecule has 0 radical (unpaired) electrons. The topological polar surface area (TPSA) is 253 Å². The molecule has 3 saturated carbocycles. The lowest BCUT2D eigenvalue weighted by Gasteiger charge is -2.33. The lowest BCUT2D eigenvalue weighted by Crippen LogP contribution is -2.39. The van der Waals surface area contributed by atoms with E-state index >= 15 is 0 Å². The highest BCUT2D eigenvalue weighted by atomic mass is 16.5. The number of Topliss-reactive ketones (excluding diaryl/α,β-unsaturated/α-hetero) is 1. The maximum Gasteiger partial charge on any atom is 0.322 e. The van der Waals surface area contributed by atoms with E-state index in [1.807, 2.05) is 41.5 Å². The average molecular weight is 809 g/mol. The van der Waals surface area contributed by atoms with Gasteiger partial charge < -0.3 is 46.4 Å². The number of guanidine groups is 1. The van der Waals surface area contributed by atoms with Gasteiger partial charge in [-0.05, 0) is 91.8 Å². The van der Waals surface area contributed by atoms with Crippen LogP contribution in [0.15, 0.2) is 4.99 Å². The molecule has 0 amide bonds. The molecule has 11 unspecified atom stereocenters. The third-order valence-electron chi connectivity index (χ3n) is 12.2. The summed E-state index contributed by atoms with van der Waals surface area (Å²) in [6.45, 7) is 11.7. The van der Waals surface area contributed by atoms with E-state index in [2.05, 4.69) is 4.99 Å². The van der Waals surface area contributed by atoms with Crippen molar-refractivity contribution in [2.45, 2.75) is 105 Å². The molecule has 15 heteroatoms. The van der Waals surface area contributed by atoms with Gasteiger partial charge in [0.05, 0.1) is 26.4 Å². The van der Waals surface area contributed by atoms with Crippen molar-refractivity contribution in [2.24, 2.45) is 99.1 Å². The number of aliphatic imine (C=N–C) groups is 1. The fourth-order valence-corrected chi connectivity index (χ4v) is 9.66. The second-order valence-corrected chi connectivity index (χ2v) is 18.1. The number of nitrogens with two attached hydrogens (primary N) is 3. The van der Waals surface area contributed by atoms with E-state index in [1.165, 1.54) is 0 Å². The molecule has 15 nitrogen and oxygen atoms in total. The summed E-state index contributed by atoms with van der Waals surface area (Å²) in [7, 11) is 0. The number of hydrogen-bond acceptors (Lipinski definition) is 13. The molecule has 326 valence electrons. The van der Waals surface area contributed by atoms with Gasteiger partial charge in [0.25, 0.3) is 0 Å². The standard InChI is InChI=1S/C42H72N4O11/c1-23(2)12-35(49)54-19-28-15-26(17-47)38(32(28)21-55-36(50)13-24(3)4)30-9-10-31(40(30)52)39-27(18-48)16-29(33(39)22-56-37(51)14-25(5)6)20-57-41(53)34(43)8-7-11-46-42(44)45/h23-34,38-39,47-48H,7-22,43H2,1-6H3,(H4,44,45,46). The van der Waals surface area contributed by atoms with Gasteiger partial charge in [-0.1, -0.05) is 41.5 Å². The fourth-order valence-electron chi connectivity index (χ4n) is 9.66. The summed E-state index contributed by atoms with van der Waals surface area (Å²) in [5.74, 6) is -4.79. The number of carbonyl (C=O) groups is 5. The summed E-state index contributed by atoms with van der Waals surface area (Å²) >= 11 is 0. The first-order chi connectivity index (χ1) is 27.0. The fraction of sp³-hybridized carbons (Fsp3) is 0.857.